The van der Waals surface area contributed by atoms with Gasteiger partial charge < -0.3 is 24.2 Å². The number of hydrogen-bond acceptors (Lipinski definition) is 7. The molecule has 8 heteroatoms. The number of ether oxygens (including phenoxy) is 3. The lowest BCUT2D eigenvalue weighted by Gasteiger charge is -2.19. The summed E-state index contributed by atoms with van der Waals surface area (Å²) in [6.45, 7) is 0. The molecule has 2 aromatic carbocycles. The van der Waals surface area contributed by atoms with E-state index in [1.165, 1.54) is 27.4 Å². The summed E-state index contributed by atoms with van der Waals surface area (Å²) in [7, 11) is 8.03. The Balaban J connectivity index is 2.63. The lowest BCUT2D eigenvalue weighted by Crippen LogP contribution is -2.11. The van der Waals surface area contributed by atoms with E-state index in [4.69, 9.17) is 14.2 Å². The second-order valence-electron chi connectivity index (χ2n) is 5.76. The Labute approximate surface area is 151 Å². The fraction of sp³-hybridized carbons (Fsp3) is 0.333. The number of methoxy groups -OCH3 is 3. The Hall–Kier alpha value is -3.00. The Bertz CT molecular complexity index is 781. The zero-order valence-electron chi connectivity index (χ0n) is 15.3. The van der Waals surface area contributed by atoms with Crippen molar-refractivity contribution in [1.29, 1.82) is 0 Å². The van der Waals surface area contributed by atoms with Crippen LogP contribution in [0, 0.1) is 10.1 Å². The number of rotatable bonds is 7. The lowest BCUT2D eigenvalue weighted by atomic mass is 9.98. The van der Waals surface area contributed by atoms with Crippen molar-refractivity contribution in [3.8, 4) is 17.2 Å². The summed E-state index contributed by atoms with van der Waals surface area (Å²) in [4.78, 5) is 12.7. The van der Waals surface area contributed by atoms with Crippen molar-refractivity contribution >= 4 is 11.4 Å². The molecule has 0 saturated carbocycles. The molecule has 0 aliphatic rings. The van der Waals surface area contributed by atoms with E-state index in [-0.39, 0.29) is 11.3 Å². The zero-order valence-corrected chi connectivity index (χ0v) is 15.3. The van der Waals surface area contributed by atoms with Gasteiger partial charge in [-0.3, -0.25) is 10.1 Å². The van der Waals surface area contributed by atoms with E-state index in [1.807, 2.05) is 14.1 Å². The Kier molecular flexibility index (Phi) is 5.89. The van der Waals surface area contributed by atoms with Gasteiger partial charge in [0.15, 0.2) is 11.5 Å². The maximum absolute atomic E-state index is 11.4. The van der Waals surface area contributed by atoms with Crippen molar-refractivity contribution in [2.24, 2.45) is 0 Å². The number of aliphatic hydroxyl groups is 1. The van der Waals surface area contributed by atoms with Crippen LogP contribution in [0.1, 0.15) is 17.2 Å². The van der Waals surface area contributed by atoms with E-state index in [9.17, 15) is 15.2 Å². The van der Waals surface area contributed by atoms with Crippen LogP contribution in [-0.2, 0) is 0 Å². The van der Waals surface area contributed by atoms with Crippen molar-refractivity contribution in [2.45, 2.75) is 6.10 Å². The summed E-state index contributed by atoms with van der Waals surface area (Å²) in [6.07, 6.45) is -1.25. The van der Waals surface area contributed by atoms with Gasteiger partial charge in [0.25, 0.3) is 5.69 Å². The number of nitro groups is 1. The highest BCUT2D eigenvalue weighted by Crippen LogP contribution is 2.42. The minimum Gasteiger partial charge on any atom is -0.493 e. The summed E-state index contributed by atoms with van der Waals surface area (Å²) in [5.74, 6) is 1.09. The quantitative estimate of drug-likeness (QED) is 0.598. The van der Waals surface area contributed by atoms with Gasteiger partial charge in [-0.15, -0.1) is 0 Å². The van der Waals surface area contributed by atoms with Gasteiger partial charge in [-0.05, 0) is 29.8 Å². The molecule has 0 aliphatic carbocycles. The fourth-order valence-electron chi connectivity index (χ4n) is 2.64. The van der Waals surface area contributed by atoms with E-state index in [1.54, 1.807) is 29.2 Å². The molecule has 0 heterocycles. The summed E-state index contributed by atoms with van der Waals surface area (Å²) in [5.41, 5.74) is 1.13. The van der Waals surface area contributed by atoms with Crippen molar-refractivity contribution in [3.05, 3.63) is 51.6 Å². The topological polar surface area (TPSA) is 94.3 Å². The SMILES string of the molecule is COc1cc(C(O)c2cc(N(C)C)ccc2[N+](=O)[O-])cc(OC)c1OC. The third-order valence-electron chi connectivity index (χ3n) is 4.02. The summed E-state index contributed by atoms with van der Waals surface area (Å²) < 4.78 is 15.8. The molecule has 0 radical (unpaired) electrons. The number of benzene rings is 2. The highest BCUT2D eigenvalue weighted by Gasteiger charge is 2.25. The van der Waals surface area contributed by atoms with E-state index in [2.05, 4.69) is 0 Å². The smallest absolute Gasteiger partial charge is 0.275 e. The molecule has 0 saturated heterocycles. The van der Waals surface area contributed by atoms with Crippen molar-refractivity contribution in [2.75, 3.05) is 40.3 Å². The molecule has 0 bridgehead atoms. The molecule has 26 heavy (non-hydrogen) atoms. The number of anilines is 1. The molecule has 0 aliphatic heterocycles. The molecule has 2 rings (SSSR count). The molecular formula is C18H22N2O6. The first-order valence-corrected chi connectivity index (χ1v) is 7.77. The zero-order chi connectivity index (χ0) is 19.4. The highest BCUT2D eigenvalue weighted by molar-refractivity contribution is 5.60. The minimum absolute atomic E-state index is 0.170. The van der Waals surface area contributed by atoms with Crippen LogP contribution in [0.15, 0.2) is 30.3 Å². The summed E-state index contributed by atoms with van der Waals surface area (Å²) >= 11 is 0. The molecule has 0 aromatic heterocycles. The Morgan fingerprint density at radius 1 is 1.04 bits per heavy atom. The molecular weight excluding hydrogens is 340 g/mol. The summed E-state index contributed by atoms with van der Waals surface area (Å²) in [6, 6.07) is 7.73. The van der Waals surface area contributed by atoms with Crippen LogP contribution < -0.4 is 19.1 Å². The predicted molar refractivity (Wildman–Crippen MR) is 97.6 cm³/mol. The average molecular weight is 362 g/mol. The number of nitro benzene ring substituents is 1. The summed E-state index contributed by atoms with van der Waals surface area (Å²) in [5, 5.41) is 22.3. The predicted octanol–water partition coefficient (Wildman–Crippen LogP) is 2.77. The van der Waals surface area contributed by atoms with Crippen LogP contribution in [0.3, 0.4) is 0 Å². The first kappa shape index (κ1) is 19.3. The number of hydrogen-bond donors (Lipinski definition) is 1. The molecule has 1 atom stereocenters. The van der Waals surface area contributed by atoms with Gasteiger partial charge in [0, 0.05) is 25.8 Å². The third-order valence-corrected chi connectivity index (χ3v) is 4.02. The van der Waals surface area contributed by atoms with Gasteiger partial charge >= 0.3 is 0 Å². The molecule has 0 spiro atoms. The van der Waals surface area contributed by atoms with Gasteiger partial charge in [0.05, 0.1) is 31.8 Å². The third kappa shape index (κ3) is 3.65. The maximum atomic E-state index is 11.4. The average Bonchev–Trinajstić information content (AvgIpc) is 2.65. The van der Waals surface area contributed by atoms with E-state index < -0.39 is 11.0 Å². The lowest BCUT2D eigenvalue weighted by molar-refractivity contribution is -0.386. The van der Waals surface area contributed by atoms with Gasteiger partial charge in [-0.2, -0.15) is 0 Å². The standard InChI is InChI=1S/C18H22N2O6/c1-19(2)12-6-7-14(20(22)23)13(10-12)17(21)11-8-15(24-3)18(26-5)16(9-11)25-4/h6-10,17,21H,1-5H3. The second-order valence-corrected chi connectivity index (χ2v) is 5.76. The van der Waals surface area contributed by atoms with Crippen LogP contribution in [0.4, 0.5) is 11.4 Å². The van der Waals surface area contributed by atoms with E-state index in [0.717, 1.165) is 5.69 Å². The molecule has 0 fully saturated rings. The fourth-order valence-corrected chi connectivity index (χ4v) is 2.64. The van der Waals surface area contributed by atoms with Crippen LogP contribution in [0.25, 0.3) is 0 Å². The second kappa shape index (κ2) is 7.92. The number of aliphatic hydroxyl groups excluding tert-OH is 1. The van der Waals surface area contributed by atoms with Crippen molar-refractivity contribution in [1.82, 2.24) is 0 Å². The Morgan fingerprint density at radius 3 is 2.04 bits per heavy atom. The van der Waals surface area contributed by atoms with E-state index >= 15 is 0 Å². The Morgan fingerprint density at radius 2 is 1.62 bits per heavy atom. The molecule has 140 valence electrons. The van der Waals surface area contributed by atoms with Crippen LogP contribution >= 0.6 is 0 Å². The highest BCUT2D eigenvalue weighted by atomic mass is 16.6. The molecule has 2 aromatic rings. The maximum Gasteiger partial charge on any atom is 0.275 e. The minimum atomic E-state index is -1.25. The molecule has 8 nitrogen and oxygen atoms in total. The van der Waals surface area contributed by atoms with E-state index in [0.29, 0.717) is 22.8 Å². The van der Waals surface area contributed by atoms with Gasteiger partial charge in [-0.25, -0.2) is 0 Å². The largest absolute Gasteiger partial charge is 0.493 e. The molecule has 1 unspecified atom stereocenters. The molecule has 0 amide bonds. The van der Waals surface area contributed by atoms with Gasteiger partial charge in [0.2, 0.25) is 5.75 Å². The molecule has 1 N–H and O–H groups in total. The van der Waals surface area contributed by atoms with Crippen molar-refractivity contribution in [3.63, 3.8) is 0 Å². The van der Waals surface area contributed by atoms with Gasteiger partial charge in [-0.1, -0.05) is 0 Å². The van der Waals surface area contributed by atoms with Crippen LogP contribution in [0.2, 0.25) is 0 Å². The monoisotopic (exact) mass is 362 g/mol. The van der Waals surface area contributed by atoms with Crippen LogP contribution in [-0.4, -0.2) is 45.5 Å². The number of nitrogens with zero attached hydrogens (tertiary/aromatic N) is 2. The van der Waals surface area contributed by atoms with Gasteiger partial charge in [0.1, 0.15) is 6.10 Å². The van der Waals surface area contributed by atoms with Crippen molar-refractivity contribution < 1.29 is 24.2 Å². The van der Waals surface area contributed by atoms with Crippen LogP contribution in [0.5, 0.6) is 17.2 Å². The first-order valence-electron chi connectivity index (χ1n) is 7.77. The first-order chi connectivity index (χ1) is 12.3. The normalized spacial score (nSPS) is 11.6.